The molecule has 1 unspecified atom stereocenters. The predicted octanol–water partition coefficient (Wildman–Crippen LogP) is 2.47. The van der Waals surface area contributed by atoms with E-state index >= 15 is 0 Å². The Kier molecular flexibility index (Phi) is 3.17. The highest BCUT2D eigenvalue weighted by molar-refractivity contribution is 6.75. The van der Waals surface area contributed by atoms with Crippen molar-refractivity contribution < 1.29 is 4.79 Å². The molecule has 1 fully saturated rings. The van der Waals surface area contributed by atoms with Gasteiger partial charge < -0.3 is 4.57 Å². The van der Waals surface area contributed by atoms with Gasteiger partial charge in [0.15, 0.2) is 8.24 Å². The number of carbonyl (C=O) groups is 1. The van der Waals surface area contributed by atoms with Crippen molar-refractivity contribution in [3.8, 4) is 0 Å². The molecule has 0 saturated carbocycles. The van der Waals surface area contributed by atoms with Gasteiger partial charge in [-0.05, 0) is 12.8 Å². The number of hydrogen-bond donors (Lipinski definition) is 0. The number of carbonyl (C=O) groups excluding carboxylic acids is 1. The van der Waals surface area contributed by atoms with Crippen molar-refractivity contribution in [3.05, 3.63) is 0 Å². The Morgan fingerprint density at radius 1 is 1.31 bits per heavy atom. The van der Waals surface area contributed by atoms with Crippen molar-refractivity contribution in [2.24, 2.45) is 5.92 Å². The molecule has 1 amide bonds. The largest absolute Gasteiger partial charge is 0.370 e. The Hall–Kier alpha value is -0.313. The minimum absolute atomic E-state index is 0.259. The second-order valence-electron chi connectivity index (χ2n) is 5.06. The summed E-state index contributed by atoms with van der Waals surface area (Å²) in [7, 11) is -1.41. The van der Waals surface area contributed by atoms with E-state index < -0.39 is 8.24 Å². The first-order valence-corrected chi connectivity index (χ1v) is 8.69. The molecule has 1 saturated heterocycles. The summed E-state index contributed by atoms with van der Waals surface area (Å²) in [6.45, 7) is 9.83. The normalized spacial score (nSPS) is 26.0. The molecule has 0 aromatic heterocycles. The molecule has 0 N–H and O–H groups in total. The molecule has 13 heavy (non-hydrogen) atoms. The van der Waals surface area contributed by atoms with Crippen LogP contribution in [0.5, 0.6) is 0 Å². The van der Waals surface area contributed by atoms with E-state index in [4.69, 9.17) is 0 Å². The first kappa shape index (κ1) is 10.8. The lowest BCUT2D eigenvalue weighted by molar-refractivity contribution is -0.130. The second-order valence-corrected chi connectivity index (χ2v) is 9.94. The molecule has 0 bridgehead atoms. The van der Waals surface area contributed by atoms with E-state index in [0.29, 0.717) is 5.91 Å². The molecule has 1 heterocycles. The van der Waals surface area contributed by atoms with Crippen LogP contribution in [0.1, 0.15) is 26.2 Å². The summed E-state index contributed by atoms with van der Waals surface area (Å²) in [5.74, 6) is 0.658. The minimum atomic E-state index is -1.41. The standard InChI is InChI=1S/C10H21NOSi/c1-9-7-5-6-8-11(10(9)12)13(2,3)4/h9H,5-8H2,1-4H3. The predicted molar refractivity (Wildman–Crippen MR) is 58.1 cm³/mol. The van der Waals surface area contributed by atoms with Crippen molar-refractivity contribution in [1.29, 1.82) is 0 Å². The summed E-state index contributed by atoms with van der Waals surface area (Å²) in [4.78, 5) is 12.0. The Morgan fingerprint density at radius 3 is 2.46 bits per heavy atom. The maximum absolute atomic E-state index is 12.0. The van der Waals surface area contributed by atoms with Gasteiger partial charge in [-0.15, -0.1) is 0 Å². The van der Waals surface area contributed by atoms with Crippen molar-refractivity contribution in [3.63, 3.8) is 0 Å². The molecule has 0 aliphatic carbocycles. The van der Waals surface area contributed by atoms with Crippen LogP contribution in [0.15, 0.2) is 0 Å². The van der Waals surface area contributed by atoms with Gasteiger partial charge in [-0.1, -0.05) is 33.0 Å². The van der Waals surface area contributed by atoms with Gasteiger partial charge in [0.05, 0.1) is 0 Å². The zero-order valence-electron chi connectivity index (χ0n) is 9.26. The second kappa shape index (κ2) is 3.82. The van der Waals surface area contributed by atoms with Gasteiger partial charge in [-0.3, -0.25) is 4.79 Å². The van der Waals surface area contributed by atoms with Crippen LogP contribution in [-0.2, 0) is 4.79 Å². The van der Waals surface area contributed by atoms with Crippen molar-refractivity contribution >= 4 is 14.1 Å². The van der Waals surface area contributed by atoms with Gasteiger partial charge in [0.25, 0.3) is 0 Å². The highest BCUT2D eigenvalue weighted by atomic mass is 28.3. The third kappa shape index (κ3) is 2.56. The average Bonchev–Trinajstić information content (AvgIpc) is 2.14. The summed E-state index contributed by atoms with van der Waals surface area (Å²) in [5.41, 5.74) is 0. The maximum atomic E-state index is 12.0. The van der Waals surface area contributed by atoms with E-state index in [1.54, 1.807) is 0 Å². The summed E-state index contributed by atoms with van der Waals surface area (Å²) in [6, 6.07) is 0. The first-order valence-electron chi connectivity index (χ1n) is 5.24. The lowest BCUT2D eigenvalue weighted by Crippen LogP contribution is -2.51. The fourth-order valence-electron chi connectivity index (χ4n) is 1.89. The van der Waals surface area contributed by atoms with E-state index in [9.17, 15) is 4.79 Å². The van der Waals surface area contributed by atoms with Crippen LogP contribution in [0.3, 0.4) is 0 Å². The van der Waals surface area contributed by atoms with Crippen LogP contribution in [0.4, 0.5) is 0 Å². The van der Waals surface area contributed by atoms with Crippen molar-refractivity contribution in [2.75, 3.05) is 6.54 Å². The Bertz CT molecular complexity index is 198. The molecular weight excluding hydrogens is 178 g/mol. The lowest BCUT2D eigenvalue weighted by Gasteiger charge is -2.34. The lowest BCUT2D eigenvalue weighted by atomic mass is 10.1. The maximum Gasteiger partial charge on any atom is 0.217 e. The number of nitrogens with zero attached hydrogens (tertiary/aromatic N) is 1. The van der Waals surface area contributed by atoms with Crippen LogP contribution in [-0.4, -0.2) is 25.3 Å². The van der Waals surface area contributed by atoms with Gasteiger partial charge in [0.2, 0.25) is 5.91 Å². The fourth-order valence-corrected chi connectivity index (χ4v) is 3.60. The number of rotatable bonds is 1. The highest BCUT2D eigenvalue weighted by Gasteiger charge is 2.32. The number of hydrogen-bond acceptors (Lipinski definition) is 1. The van der Waals surface area contributed by atoms with E-state index in [0.717, 1.165) is 13.0 Å². The van der Waals surface area contributed by atoms with E-state index in [-0.39, 0.29) is 5.92 Å². The third-order valence-corrected chi connectivity index (χ3v) is 4.83. The fraction of sp³-hybridized carbons (Fsp3) is 0.900. The molecule has 3 heteroatoms. The molecule has 1 atom stereocenters. The molecule has 0 aromatic carbocycles. The quantitative estimate of drug-likeness (QED) is 0.594. The van der Waals surface area contributed by atoms with Gasteiger partial charge in [0, 0.05) is 12.5 Å². The molecule has 1 aliphatic heterocycles. The molecule has 1 rings (SSSR count). The third-order valence-electron chi connectivity index (χ3n) is 2.77. The Morgan fingerprint density at radius 2 is 1.92 bits per heavy atom. The van der Waals surface area contributed by atoms with Crippen LogP contribution >= 0.6 is 0 Å². The van der Waals surface area contributed by atoms with E-state index in [1.165, 1.54) is 12.8 Å². The molecular formula is C10H21NOSi. The zero-order valence-corrected chi connectivity index (χ0v) is 10.3. The topological polar surface area (TPSA) is 20.3 Å². The summed E-state index contributed by atoms with van der Waals surface area (Å²) in [5, 5.41) is 0. The summed E-state index contributed by atoms with van der Waals surface area (Å²) >= 11 is 0. The highest BCUT2D eigenvalue weighted by Crippen LogP contribution is 2.22. The van der Waals surface area contributed by atoms with Crippen LogP contribution in [0.25, 0.3) is 0 Å². The first-order chi connectivity index (χ1) is 5.93. The number of amides is 1. The average molecular weight is 199 g/mol. The Labute approximate surface area is 82.4 Å². The van der Waals surface area contributed by atoms with Gasteiger partial charge in [-0.25, -0.2) is 0 Å². The SMILES string of the molecule is CC1CCCCN([Si](C)(C)C)C1=O. The monoisotopic (exact) mass is 199 g/mol. The van der Waals surface area contributed by atoms with Gasteiger partial charge >= 0.3 is 0 Å². The summed E-state index contributed by atoms with van der Waals surface area (Å²) < 4.78 is 2.17. The van der Waals surface area contributed by atoms with E-state index in [2.05, 4.69) is 31.1 Å². The molecule has 76 valence electrons. The summed E-state index contributed by atoms with van der Waals surface area (Å²) in [6.07, 6.45) is 3.49. The van der Waals surface area contributed by atoms with Gasteiger partial charge in [-0.2, -0.15) is 0 Å². The van der Waals surface area contributed by atoms with Crippen molar-refractivity contribution in [2.45, 2.75) is 45.8 Å². The Balaban J connectivity index is 2.76. The van der Waals surface area contributed by atoms with E-state index in [1.807, 2.05) is 0 Å². The van der Waals surface area contributed by atoms with Crippen LogP contribution < -0.4 is 0 Å². The van der Waals surface area contributed by atoms with Gasteiger partial charge in [0.1, 0.15) is 0 Å². The zero-order chi connectivity index (χ0) is 10.1. The van der Waals surface area contributed by atoms with Crippen LogP contribution in [0.2, 0.25) is 19.6 Å². The smallest absolute Gasteiger partial charge is 0.217 e. The minimum Gasteiger partial charge on any atom is -0.370 e. The molecule has 0 spiro atoms. The van der Waals surface area contributed by atoms with Crippen molar-refractivity contribution in [1.82, 2.24) is 4.57 Å². The molecule has 0 radical (unpaired) electrons. The molecule has 2 nitrogen and oxygen atoms in total. The van der Waals surface area contributed by atoms with Crippen LogP contribution in [0, 0.1) is 5.92 Å². The molecule has 1 aliphatic rings. The molecule has 0 aromatic rings.